The quantitative estimate of drug-likeness (QED) is 0.857. The van der Waals surface area contributed by atoms with Crippen LogP contribution in [0.1, 0.15) is 6.42 Å². The monoisotopic (exact) mass is 339 g/mol. The van der Waals surface area contributed by atoms with Gasteiger partial charge in [0, 0.05) is 44.6 Å². The van der Waals surface area contributed by atoms with Gasteiger partial charge in [-0.1, -0.05) is 0 Å². The standard InChI is InChI=1S/C15H16F3N5O/c16-15(17,18)10-14(24)23-7-5-22(6-8-23)13-9-12(19-11-20-13)21-3-1-2-4-21/h1-4,9,11H,5-8,10H2. The first-order valence-electron chi connectivity index (χ1n) is 7.47. The molecule has 2 aromatic rings. The summed E-state index contributed by atoms with van der Waals surface area (Å²) >= 11 is 0. The van der Waals surface area contributed by atoms with Gasteiger partial charge in [-0.25, -0.2) is 9.97 Å². The lowest BCUT2D eigenvalue weighted by atomic mass is 10.2. The number of carbonyl (C=O) groups is 1. The number of hydrogen-bond donors (Lipinski definition) is 0. The van der Waals surface area contributed by atoms with E-state index in [9.17, 15) is 18.0 Å². The highest BCUT2D eigenvalue weighted by atomic mass is 19.4. The molecule has 1 aliphatic rings. The van der Waals surface area contributed by atoms with Crippen LogP contribution in [0.2, 0.25) is 0 Å². The fraction of sp³-hybridized carbons (Fsp3) is 0.400. The molecule has 24 heavy (non-hydrogen) atoms. The lowest BCUT2D eigenvalue weighted by Gasteiger charge is -2.35. The van der Waals surface area contributed by atoms with E-state index >= 15 is 0 Å². The highest BCUT2D eigenvalue weighted by molar-refractivity contribution is 5.77. The highest BCUT2D eigenvalue weighted by Gasteiger charge is 2.34. The minimum absolute atomic E-state index is 0.248. The van der Waals surface area contributed by atoms with Crippen molar-refractivity contribution < 1.29 is 18.0 Å². The molecule has 3 heterocycles. The van der Waals surface area contributed by atoms with Gasteiger partial charge in [0.25, 0.3) is 0 Å². The predicted molar refractivity (Wildman–Crippen MR) is 80.8 cm³/mol. The van der Waals surface area contributed by atoms with Crippen molar-refractivity contribution in [1.82, 2.24) is 19.4 Å². The van der Waals surface area contributed by atoms with Crippen LogP contribution in [0.25, 0.3) is 5.82 Å². The van der Waals surface area contributed by atoms with Gasteiger partial charge in [-0.05, 0) is 12.1 Å². The molecule has 0 aromatic carbocycles. The summed E-state index contributed by atoms with van der Waals surface area (Å²) in [6, 6.07) is 5.58. The summed E-state index contributed by atoms with van der Waals surface area (Å²) < 4.78 is 38.8. The molecule has 1 aliphatic heterocycles. The van der Waals surface area contributed by atoms with E-state index < -0.39 is 18.5 Å². The molecule has 0 aliphatic carbocycles. The van der Waals surface area contributed by atoms with Gasteiger partial charge < -0.3 is 14.4 Å². The van der Waals surface area contributed by atoms with Gasteiger partial charge >= 0.3 is 6.18 Å². The molecule has 0 radical (unpaired) electrons. The first kappa shape index (κ1) is 16.3. The minimum Gasteiger partial charge on any atom is -0.353 e. The van der Waals surface area contributed by atoms with Gasteiger partial charge in [-0.15, -0.1) is 0 Å². The zero-order chi connectivity index (χ0) is 17.2. The molecule has 0 saturated carbocycles. The summed E-state index contributed by atoms with van der Waals surface area (Å²) in [6.07, 6.45) is -0.698. The van der Waals surface area contributed by atoms with Crippen LogP contribution in [0.4, 0.5) is 19.0 Å². The van der Waals surface area contributed by atoms with Crippen LogP contribution in [-0.4, -0.2) is 57.7 Å². The number of piperazine rings is 1. The zero-order valence-corrected chi connectivity index (χ0v) is 12.8. The Kier molecular flexibility index (Phi) is 4.41. The van der Waals surface area contributed by atoms with E-state index in [1.807, 2.05) is 40.1 Å². The third kappa shape index (κ3) is 3.84. The van der Waals surface area contributed by atoms with Crippen molar-refractivity contribution in [3.05, 3.63) is 36.9 Å². The van der Waals surface area contributed by atoms with Crippen LogP contribution < -0.4 is 4.90 Å². The number of rotatable bonds is 3. The van der Waals surface area contributed by atoms with Crippen LogP contribution in [0, 0.1) is 0 Å². The molecule has 2 aromatic heterocycles. The molecule has 0 spiro atoms. The molecular weight excluding hydrogens is 323 g/mol. The summed E-state index contributed by atoms with van der Waals surface area (Å²) in [5, 5.41) is 0. The van der Waals surface area contributed by atoms with Crippen molar-refractivity contribution in [3.63, 3.8) is 0 Å². The Morgan fingerprint density at radius 2 is 1.67 bits per heavy atom. The molecule has 9 heteroatoms. The highest BCUT2D eigenvalue weighted by Crippen LogP contribution is 2.22. The van der Waals surface area contributed by atoms with Crippen LogP contribution in [-0.2, 0) is 4.79 Å². The maximum absolute atomic E-state index is 12.3. The Labute approximate surface area is 136 Å². The van der Waals surface area contributed by atoms with Crippen molar-refractivity contribution in [2.24, 2.45) is 0 Å². The molecule has 1 amide bonds. The average molecular weight is 339 g/mol. The van der Waals surface area contributed by atoms with Crippen LogP contribution >= 0.6 is 0 Å². The SMILES string of the molecule is O=C(CC(F)(F)F)N1CCN(c2cc(-n3cccc3)ncn2)CC1. The van der Waals surface area contributed by atoms with Crippen LogP contribution in [0.15, 0.2) is 36.9 Å². The molecule has 3 rings (SSSR count). The predicted octanol–water partition coefficient (Wildman–Crippen LogP) is 1.87. The minimum atomic E-state index is -4.47. The van der Waals surface area contributed by atoms with Crippen molar-refractivity contribution in [3.8, 4) is 5.82 Å². The molecule has 128 valence electrons. The number of amides is 1. The van der Waals surface area contributed by atoms with E-state index in [2.05, 4.69) is 9.97 Å². The largest absolute Gasteiger partial charge is 0.397 e. The topological polar surface area (TPSA) is 54.3 Å². The van der Waals surface area contributed by atoms with Gasteiger partial charge in [0.05, 0.1) is 0 Å². The lowest BCUT2D eigenvalue weighted by Crippen LogP contribution is -2.49. The Morgan fingerprint density at radius 3 is 2.29 bits per heavy atom. The Balaban J connectivity index is 1.63. The summed E-state index contributed by atoms with van der Waals surface area (Å²) in [7, 11) is 0. The van der Waals surface area contributed by atoms with Crippen LogP contribution in [0.3, 0.4) is 0 Å². The van der Waals surface area contributed by atoms with Gasteiger partial charge in [-0.2, -0.15) is 13.2 Å². The van der Waals surface area contributed by atoms with Crippen molar-refractivity contribution in [2.45, 2.75) is 12.6 Å². The maximum atomic E-state index is 12.3. The van der Waals surface area contributed by atoms with E-state index in [1.54, 1.807) is 0 Å². The van der Waals surface area contributed by atoms with Gasteiger partial charge in [0.2, 0.25) is 5.91 Å². The first-order valence-corrected chi connectivity index (χ1v) is 7.47. The maximum Gasteiger partial charge on any atom is 0.397 e. The van der Waals surface area contributed by atoms with E-state index in [4.69, 9.17) is 0 Å². The zero-order valence-electron chi connectivity index (χ0n) is 12.8. The average Bonchev–Trinajstić information content (AvgIpc) is 3.08. The number of aromatic nitrogens is 3. The van der Waals surface area contributed by atoms with Crippen molar-refractivity contribution in [1.29, 1.82) is 0 Å². The van der Waals surface area contributed by atoms with Crippen molar-refractivity contribution in [2.75, 3.05) is 31.1 Å². The van der Waals surface area contributed by atoms with E-state index in [0.717, 1.165) is 0 Å². The molecule has 0 N–H and O–H groups in total. The second-order valence-corrected chi connectivity index (χ2v) is 5.48. The fourth-order valence-corrected chi connectivity index (χ4v) is 2.61. The second kappa shape index (κ2) is 6.50. The third-order valence-corrected chi connectivity index (χ3v) is 3.82. The van der Waals surface area contributed by atoms with Gasteiger partial charge in [0.1, 0.15) is 24.4 Å². The number of carbonyl (C=O) groups excluding carboxylic acids is 1. The summed E-state index contributed by atoms with van der Waals surface area (Å²) in [5.41, 5.74) is 0. The summed E-state index contributed by atoms with van der Waals surface area (Å²) in [4.78, 5) is 23.2. The smallest absolute Gasteiger partial charge is 0.353 e. The number of alkyl halides is 3. The third-order valence-electron chi connectivity index (χ3n) is 3.82. The van der Waals surface area contributed by atoms with Crippen LogP contribution in [0.5, 0.6) is 0 Å². The van der Waals surface area contributed by atoms with E-state index in [0.29, 0.717) is 24.7 Å². The van der Waals surface area contributed by atoms with Crippen molar-refractivity contribution >= 4 is 11.7 Å². The van der Waals surface area contributed by atoms with E-state index in [1.165, 1.54) is 11.2 Å². The van der Waals surface area contributed by atoms with Gasteiger partial charge in [0.15, 0.2) is 0 Å². The first-order chi connectivity index (χ1) is 11.4. The summed E-state index contributed by atoms with van der Waals surface area (Å²) in [5.74, 6) is 0.523. The molecular formula is C15H16F3N5O. The second-order valence-electron chi connectivity index (χ2n) is 5.48. The summed E-state index contributed by atoms with van der Waals surface area (Å²) in [6.45, 7) is 1.37. The fourth-order valence-electron chi connectivity index (χ4n) is 2.61. The number of anilines is 1. The lowest BCUT2D eigenvalue weighted by molar-refractivity contribution is -0.161. The Morgan fingerprint density at radius 1 is 1.04 bits per heavy atom. The number of hydrogen-bond acceptors (Lipinski definition) is 4. The Bertz CT molecular complexity index is 693. The normalized spacial score (nSPS) is 15.6. The number of halogens is 3. The molecule has 0 unspecified atom stereocenters. The van der Waals surface area contributed by atoms with Gasteiger partial charge in [-0.3, -0.25) is 4.79 Å². The molecule has 6 nitrogen and oxygen atoms in total. The molecule has 0 bridgehead atoms. The van der Waals surface area contributed by atoms with E-state index in [-0.39, 0.29) is 13.1 Å². The number of nitrogens with zero attached hydrogens (tertiary/aromatic N) is 5. The molecule has 1 fully saturated rings. The molecule has 1 saturated heterocycles. The molecule has 0 atom stereocenters. The Hall–Kier alpha value is -2.58.